The topological polar surface area (TPSA) is 80.6 Å². The molecule has 9 heteroatoms. The Bertz CT molecular complexity index is 1310. The minimum atomic E-state index is -4.46. The lowest BCUT2D eigenvalue weighted by atomic mass is 10.1. The average Bonchev–Trinajstić information content (AvgIpc) is 3.18. The van der Waals surface area contributed by atoms with Crippen molar-refractivity contribution in [1.82, 2.24) is 4.57 Å². The molecule has 1 amide bonds. The number of ether oxygens (including phenoxy) is 1. The number of fused-ring (bicyclic) bond motifs is 1. The van der Waals surface area contributed by atoms with E-state index in [0.717, 1.165) is 35.2 Å². The average molecular weight is 454 g/mol. The molecule has 0 aliphatic rings. The Kier molecular flexibility index (Phi) is 5.78. The van der Waals surface area contributed by atoms with Crippen molar-refractivity contribution >= 4 is 28.5 Å². The molecule has 0 saturated carbocycles. The molecule has 0 atom stereocenters. The molecule has 4 aromatic rings. The highest BCUT2D eigenvalue weighted by Gasteiger charge is 2.30. The third-order valence-electron chi connectivity index (χ3n) is 4.89. The number of nitrogens with zero attached hydrogens (tertiary/aromatic N) is 1. The van der Waals surface area contributed by atoms with Gasteiger partial charge in [0.05, 0.1) is 11.1 Å². The minimum Gasteiger partial charge on any atom is -0.480 e. The first-order chi connectivity index (χ1) is 15.7. The second-order valence-electron chi connectivity index (χ2n) is 7.18. The summed E-state index contributed by atoms with van der Waals surface area (Å²) in [5.41, 5.74) is 0.433. The lowest BCUT2D eigenvalue weighted by molar-refractivity contribution is -0.138. The van der Waals surface area contributed by atoms with Crippen LogP contribution in [0.3, 0.4) is 0 Å². The largest absolute Gasteiger partial charge is 0.480 e. The van der Waals surface area contributed by atoms with Gasteiger partial charge in [-0.25, -0.2) is 0 Å². The van der Waals surface area contributed by atoms with Gasteiger partial charge in [-0.2, -0.15) is 13.2 Å². The van der Waals surface area contributed by atoms with E-state index in [-0.39, 0.29) is 12.1 Å². The number of benzene rings is 3. The molecule has 0 unspecified atom stereocenters. The maximum Gasteiger partial charge on any atom is 0.416 e. The van der Waals surface area contributed by atoms with Gasteiger partial charge in [-0.1, -0.05) is 6.07 Å². The number of carboxylic acid groups (broad SMARTS) is 1. The highest BCUT2D eigenvalue weighted by Crippen LogP contribution is 2.32. The summed E-state index contributed by atoms with van der Waals surface area (Å²) in [5, 5.41) is 12.4. The van der Waals surface area contributed by atoms with E-state index in [1.807, 2.05) is 0 Å². The smallest absolute Gasteiger partial charge is 0.416 e. The van der Waals surface area contributed by atoms with Crippen molar-refractivity contribution in [3.63, 3.8) is 0 Å². The Hall–Kier alpha value is -4.27. The molecular formula is C24H17F3N2O4. The van der Waals surface area contributed by atoms with Gasteiger partial charge in [0.25, 0.3) is 5.91 Å². The van der Waals surface area contributed by atoms with E-state index in [2.05, 4.69) is 5.32 Å². The quantitative estimate of drug-likeness (QED) is 0.387. The van der Waals surface area contributed by atoms with Gasteiger partial charge in [0, 0.05) is 22.8 Å². The highest BCUT2D eigenvalue weighted by molar-refractivity contribution is 6.04. The lowest BCUT2D eigenvalue weighted by Gasteiger charge is -2.10. The molecule has 0 bridgehead atoms. The van der Waals surface area contributed by atoms with Crippen LogP contribution in [0.15, 0.2) is 79.0 Å². The molecule has 0 radical (unpaired) electrons. The molecule has 1 heterocycles. The summed E-state index contributed by atoms with van der Waals surface area (Å²) in [6.07, 6.45) is -2.79. The van der Waals surface area contributed by atoms with Crippen molar-refractivity contribution in [2.45, 2.75) is 12.7 Å². The molecule has 4 rings (SSSR count). The Morgan fingerprint density at radius 1 is 0.939 bits per heavy atom. The van der Waals surface area contributed by atoms with Crippen LogP contribution in [0.4, 0.5) is 18.9 Å². The molecule has 33 heavy (non-hydrogen) atoms. The van der Waals surface area contributed by atoms with Gasteiger partial charge < -0.3 is 19.7 Å². The van der Waals surface area contributed by atoms with E-state index in [1.165, 1.54) is 0 Å². The minimum absolute atomic E-state index is 0.0980. The number of alkyl halides is 3. The molecule has 168 valence electrons. The number of carbonyl (C=O) groups is 2. The predicted octanol–water partition coefficient (Wildman–Crippen LogP) is 5.79. The van der Waals surface area contributed by atoms with E-state index in [1.54, 1.807) is 59.3 Å². The van der Waals surface area contributed by atoms with Gasteiger partial charge in [-0.3, -0.25) is 9.59 Å². The Morgan fingerprint density at radius 2 is 1.64 bits per heavy atom. The van der Waals surface area contributed by atoms with Crippen molar-refractivity contribution in [2.75, 3.05) is 5.32 Å². The highest BCUT2D eigenvalue weighted by atomic mass is 19.4. The molecule has 2 N–H and O–H groups in total. The summed E-state index contributed by atoms with van der Waals surface area (Å²) in [5.74, 6) is -0.464. The number of aromatic nitrogens is 1. The van der Waals surface area contributed by atoms with Crippen LogP contribution in [0.1, 0.15) is 15.9 Å². The van der Waals surface area contributed by atoms with Crippen molar-refractivity contribution in [3.05, 3.63) is 90.1 Å². The molecule has 0 spiro atoms. The first-order valence-corrected chi connectivity index (χ1v) is 9.77. The fourth-order valence-corrected chi connectivity index (χ4v) is 3.31. The van der Waals surface area contributed by atoms with Crippen molar-refractivity contribution in [1.29, 1.82) is 0 Å². The van der Waals surface area contributed by atoms with Crippen LogP contribution >= 0.6 is 0 Å². The molecule has 0 aliphatic carbocycles. The molecule has 3 aromatic carbocycles. The Morgan fingerprint density at radius 3 is 2.27 bits per heavy atom. The number of anilines is 1. The van der Waals surface area contributed by atoms with Crippen LogP contribution < -0.4 is 10.1 Å². The van der Waals surface area contributed by atoms with E-state index < -0.39 is 23.6 Å². The van der Waals surface area contributed by atoms with Gasteiger partial charge >= 0.3 is 12.1 Å². The van der Waals surface area contributed by atoms with Crippen LogP contribution in [-0.2, 0) is 17.5 Å². The number of aliphatic carboxylic acids is 1. The summed E-state index contributed by atoms with van der Waals surface area (Å²) < 4.78 is 45.5. The molecule has 0 fully saturated rings. The predicted molar refractivity (Wildman–Crippen MR) is 115 cm³/mol. The van der Waals surface area contributed by atoms with Crippen LogP contribution in [0.2, 0.25) is 0 Å². The van der Waals surface area contributed by atoms with Gasteiger partial charge in [0.1, 0.15) is 18.0 Å². The first-order valence-electron chi connectivity index (χ1n) is 9.77. The molecule has 0 saturated heterocycles. The third-order valence-corrected chi connectivity index (χ3v) is 4.89. The van der Waals surface area contributed by atoms with Crippen LogP contribution in [0.5, 0.6) is 11.5 Å². The molecule has 0 aliphatic heterocycles. The maximum atomic E-state index is 12.7. The Labute approximate surface area is 185 Å². The van der Waals surface area contributed by atoms with E-state index in [4.69, 9.17) is 9.84 Å². The van der Waals surface area contributed by atoms with Crippen LogP contribution in [0.25, 0.3) is 10.9 Å². The van der Waals surface area contributed by atoms with Crippen molar-refractivity contribution < 1.29 is 32.6 Å². The molecule has 1 aromatic heterocycles. The zero-order chi connectivity index (χ0) is 23.6. The standard InChI is InChI=1S/C24H17F3N2O4/c25-24(26,27)16-6-4-15(5-7-16)23(32)28-17-8-10-18(11-9-17)33-21-3-1-2-20-19(21)12-13-29(20)14-22(30)31/h1-13H,14H2,(H,28,32)(H,30,31). The number of amides is 1. The monoisotopic (exact) mass is 454 g/mol. The Balaban J connectivity index is 1.45. The number of halogens is 3. The summed E-state index contributed by atoms with van der Waals surface area (Å²) in [7, 11) is 0. The second-order valence-corrected chi connectivity index (χ2v) is 7.18. The molecule has 6 nitrogen and oxygen atoms in total. The van der Waals surface area contributed by atoms with E-state index >= 15 is 0 Å². The zero-order valence-electron chi connectivity index (χ0n) is 17.0. The van der Waals surface area contributed by atoms with E-state index in [0.29, 0.717) is 17.2 Å². The molecular weight excluding hydrogens is 437 g/mol. The van der Waals surface area contributed by atoms with Crippen LogP contribution in [-0.4, -0.2) is 21.6 Å². The number of hydrogen-bond acceptors (Lipinski definition) is 3. The van der Waals surface area contributed by atoms with Gasteiger partial charge in [-0.05, 0) is 66.7 Å². The van der Waals surface area contributed by atoms with Gasteiger partial charge in [0.15, 0.2) is 0 Å². The summed E-state index contributed by atoms with van der Waals surface area (Å²) in [6, 6.07) is 17.5. The summed E-state index contributed by atoms with van der Waals surface area (Å²) in [6.45, 7) is -0.166. The normalized spacial score (nSPS) is 11.4. The number of carbonyl (C=O) groups excluding carboxylic acids is 1. The number of hydrogen-bond donors (Lipinski definition) is 2. The first kappa shape index (κ1) is 21.9. The number of rotatable bonds is 6. The van der Waals surface area contributed by atoms with Crippen LogP contribution in [0, 0.1) is 0 Å². The van der Waals surface area contributed by atoms with Crippen molar-refractivity contribution in [3.8, 4) is 11.5 Å². The second kappa shape index (κ2) is 8.70. The summed E-state index contributed by atoms with van der Waals surface area (Å²) in [4.78, 5) is 23.3. The maximum absolute atomic E-state index is 12.7. The van der Waals surface area contributed by atoms with E-state index in [9.17, 15) is 22.8 Å². The fourth-order valence-electron chi connectivity index (χ4n) is 3.31. The SMILES string of the molecule is O=C(O)Cn1ccc2c(Oc3ccc(NC(=O)c4ccc(C(F)(F)F)cc4)cc3)cccc21. The van der Waals surface area contributed by atoms with Crippen molar-refractivity contribution in [2.24, 2.45) is 0 Å². The third kappa shape index (κ3) is 4.98. The lowest BCUT2D eigenvalue weighted by Crippen LogP contribution is -2.12. The van der Waals surface area contributed by atoms with Gasteiger partial charge in [-0.15, -0.1) is 0 Å². The summed E-state index contributed by atoms with van der Waals surface area (Å²) >= 11 is 0. The zero-order valence-corrected chi connectivity index (χ0v) is 17.0. The fraction of sp³-hybridized carbons (Fsp3) is 0.0833. The van der Waals surface area contributed by atoms with Gasteiger partial charge in [0.2, 0.25) is 0 Å². The number of nitrogens with one attached hydrogen (secondary N) is 1. The number of carboxylic acids is 1.